The van der Waals surface area contributed by atoms with Gasteiger partial charge in [-0.15, -0.1) is 11.8 Å². The van der Waals surface area contributed by atoms with Crippen molar-refractivity contribution in [2.45, 2.75) is 4.90 Å². The zero-order valence-electron chi connectivity index (χ0n) is 14.2. The first-order valence-electron chi connectivity index (χ1n) is 8.15. The van der Waals surface area contributed by atoms with Gasteiger partial charge in [0.15, 0.2) is 0 Å². The van der Waals surface area contributed by atoms with E-state index in [0.717, 1.165) is 42.4 Å². The number of nitrogens with one attached hydrogen (secondary N) is 1. The number of hydrogen-bond donors (Lipinski definition) is 1. The Hall–Kier alpha value is -1.98. The predicted octanol–water partition coefficient (Wildman–Crippen LogP) is 3.41. The van der Waals surface area contributed by atoms with E-state index < -0.39 is 0 Å². The molecule has 0 spiro atoms. The number of nitrogens with zero attached hydrogens (tertiary/aromatic N) is 2. The van der Waals surface area contributed by atoms with Crippen LogP contribution < -0.4 is 10.2 Å². The van der Waals surface area contributed by atoms with Crippen molar-refractivity contribution in [3.63, 3.8) is 0 Å². The van der Waals surface area contributed by atoms with Crippen LogP contribution in [-0.4, -0.2) is 50.3 Å². The van der Waals surface area contributed by atoms with Crippen LogP contribution in [0.4, 0.5) is 11.4 Å². The van der Waals surface area contributed by atoms with E-state index in [0.29, 0.717) is 5.56 Å². The Labute approximate surface area is 147 Å². The topological polar surface area (TPSA) is 35.6 Å². The summed E-state index contributed by atoms with van der Waals surface area (Å²) in [5.74, 6) is -0.0655. The fourth-order valence-electron chi connectivity index (χ4n) is 2.84. The number of amides is 1. The number of rotatable bonds is 4. The second-order valence-electron chi connectivity index (χ2n) is 5.99. The van der Waals surface area contributed by atoms with Crippen molar-refractivity contribution < 1.29 is 4.79 Å². The molecule has 1 amide bonds. The molecule has 0 saturated carbocycles. The monoisotopic (exact) mass is 341 g/mol. The minimum atomic E-state index is -0.0655. The molecule has 1 fully saturated rings. The van der Waals surface area contributed by atoms with Crippen LogP contribution in [0.5, 0.6) is 0 Å². The standard InChI is InChI=1S/C19H23N3OS/c1-21-11-13-22(14-12-21)18-6-4-3-5-17(18)20-19(23)15-7-9-16(24-2)10-8-15/h3-10H,11-14H2,1-2H3,(H,20,23). The third-order valence-corrected chi connectivity index (χ3v) is 5.09. The highest BCUT2D eigenvalue weighted by Gasteiger charge is 2.18. The van der Waals surface area contributed by atoms with E-state index in [1.54, 1.807) is 11.8 Å². The number of para-hydroxylation sites is 2. The Kier molecular flexibility index (Phi) is 5.43. The zero-order chi connectivity index (χ0) is 16.9. The Morgan fingerprint density at radius 1 is 1.00 bits per heavy atom. The van der Waals surface area contributed by atoms with Gasteiger partial charge in [-0.2, -0.15) is 0 Å². The molecule has 2 aromatic carbocycles. The van der Waals surface area contributed by atoms with Gasteiger partial charge in [0.05, 0.1) is 11.4 Å². The number of thioether (sulfide) groups is 1. The summed E-state index contributed by atoms with van der Waals surface area (Å²) >= 11 is 1.67. The number of anilines is 2. The molecular formula is C19H23N3OS. The summed E-state index contributed by atoms with van der Waals surface area (Å²) < 4.78 is 0. The van der Waals surface area contributed by atoms with E-state index >= 15 is 0 Å². The summed E-state index contributed by atoms with van der Waals surface area (Å²) in [5, 5.41) is 3.07. The molecule has 0 aromatic heterocycles. The molecule has 1 heterocycles. The number of benzene rings is 2. The van der Waals surface area contributed by atoms with Gasteiger partial charge in [0.1, 0.15) is 0 Å². The van der Waals surface area contributed by atoms with E-state index in [2.05, 4.69) is 28.2 Å². The lowest BCUT2D eigenvalue weighted by atomic mass is 10.2. The smallest absolute Gasteiger partial charge is 0.255 e. The average Bonchev–Trinajstić information content (AvgIpc) is 2.63. The van der Waals surface area contributed by atoms with Crippen molar-refractivity contribution in [1.29, 1.82) is 0 Å². The molecule has 5 heteroatoms. The minimum Gasteiger partial charge on any atom is -0.367 e. The number of hydrogen-bond acceptors (Lipinski definition) is 4. The molecule has 0 unspecified atom stereocenters. The lowest BCUT2D eigenvalue weighted by molar-refractivity contribution is 0.102. The maximum absolute atomic E-state index is 12.6. The molecule has 1 N–H and O–H groups in total. The molecule has 0 radical (unpaired) electrons. The summed E-state index contributed by atoms with van der Waals surface area (Å²) in [7, 11) is 2.14. The average molecular weight is 341 g/mol. The Morgan fingerprint density at radius 3 is 2.33 bits per heavy atom. The van der Waals surface area contributed by atoms with Crippen LogP contribution in [0.1, 0.15) is 10.4 Å². The van der Waals surface area contributed by atoms with Crippen molar-refractivity contribution >= 4 is 29.0 Å². The second kappa shape index (κ2) is 7.73. The van der Waals surface area contributed by atoms with Gasteiger partial charge in [-0.25, -0.2) is 0 Å². The van der Waals surface area contributed by atoms with Gasteiger partial charge in [-0.3, -0.25) is 4.79 Å². The van der Waals surface area contributed by atoms with Gasteiger partial charge < -0.3 is 15.1 Å². The highest BCUT2D eigenvalue weighted by molar-refractivity contribution is 7.98. The number of piperazine rings is 1. The van der Waals surface area contributed by atoms with Crippen LogP contribution in [0.3, 0.4) is 0 Å². The highest BCUT2D eigenvalue weighted by atomic mass is 32.2. The maximum atomic E-state index is 12.6. The van der Waals surface area contributed by atoms with E-state index in [4.69, 9.17) is 0 Å². The summed E-state index contributed by atoms with van der Waals surface area (Å²) in [6.45, 7) is 4.04. The van der Waals surface area contributed by atoms with E-state index in [-0.39, 0.29) is 5.91 Å². The molecule has 0 aliphatic carbocycles. The first-order valence-corrected chi connectivity index (χ1v) is 9.38. The van der Waals surface area contributed by atoms with Gasteiger partial charge in [-0.1, -0.05) is 12.1 Å². The zero-order valence-corrected chi connectivity index (χ0v) is 15.0. The van der Waals surface area contributed by atoms with Crippen LogP contribution in [0.15, 0.2) is 53.4 Å². The van der Waals surface area contributed by atoms with Crippen molar-refractivity contribution in [2.75, 3.05) is 49.7 Å². The molecule has 1 aliphatic heterocycles. The summed E-state index contributed by atoms with van der Waals surface area (Å²) in [6.07, 6.45) is 2.03. The van der Waals surface area contributed by atoms with E-state index in [1.807, 2.05) is 48.7 Å². The Bertz CT molecular complexity index is 694. The third kappa shape index (κ3) is 3.91. The molecule has 1 saturated heterocycles. The highest BCUT2D eigenvalue weighted by Crippen LogP contribution is 2.27. The molecule has 0 atom stereocenters. The fraction of sp³-hybridized carbons (Fsp3) is 0.316. The minimum absolute atomic E-state index is 0.0655. The second-order valence-corrected chi connectivity index (χ2v) is 6.87. The maximum Gasteiger partial charge on any atom is 0.255 e. The Balaban J connectivity index is 1.75. The number of likely N-dealkylation sites (N-methyl/N-ethyl adjacent to an activating group) is 1. The normalized spacial score (nSPS) is 15.3. The molecule has 126 valence electrons. The van der Waals surface area contributed by atoms with Crippen molar-refractivity contribution in [1.82, 2.24) is 4.90 Å². The van der Waals surface area contributed by atoms with Gasteiger partial charge in [0.25, 0.3) is 5.91 Å². The summed E-state index contributed by atoms with van der Waals surface area (Å²) in [5.41, 5.74) is 2.65. The Morgan fingerprint density at radius 2 is 1.67 bits per heavy atom. The summed E-state index contributed by atoms with van der Waals surface area (Å²) in [4.78, 5) is 18.4. The number of carbonyl (C=O) groups excluding carboxylic acids is 1. The summed E-state index contributed by atoms with van der Waals surface area (Å²) in [6, 6.07) is 15.7. The molecule has 24 heavy (non-hydrogen) atoms. The van der Waals surface area contributed by atoms with Gasteiger partial charge in [0, 0.05) is 36.6 Å². The SMILES string of the molecule is CSc1ccc(C(=O)Nc2ccccc2N2CCN(C)CC2)cc1. The van der Waals surface area contributed by atoms with Crippen LogP contribution in [0.25, 0.3) is 0 Å². The number of carbonyl (C=O) groups is 1. The first-order chi connectivity index (χ1) is 11.7. The largest absolute Gasteiger partial charge is 0.367 e. The van der Waals surface area contributed by atoms with Gasteiger partial charge >= 0.3 is 0 Å². The lowest BCUT2D eigenvalue weighted by Crippen LogP contribution is -2.44. The van der Waals surface area contributed by atoms with Gasteiger partial charge in [0.2, 0.25) is 0 Å². The third-order valence-electron chi connectivity index (χ3n) is 4.35. The van der Waals surface area contributed by atoms with Crippen molar-refractivity contribution in [2.24, 2.45) is 0 Å². The van der Waals surface area contributed by atoms with Crippen LogP contribution in [0.2, 0.25) is 0 Å². The molecule has 2 aromatic rings. The lowest BCUT2D eigenvalue weighted by Gasteiger charge is -2.35. The van der Waals surface area contributed by atoms with Crippen LogP contribution in [-0.2, 0) is 0 Å². The van der Waals surface area contributed by atoms with E-state index in [9.17, 15) is 4.79 Å². The fourth-order valence-corrected chi connectivity index (χ4v) is 3.25. The van der Waals surface area contributed by atoms with Gasteiger partial charge in [-0.05, 0) is 49.7 Å². The quantitative estimate of drug-likeness (QED) is 0.865. The van der Waals surface area contributed by atoms with E-state index in [1.165, 1.54) is 0 Å². The molecule has 0 bridgehead atoms. The van der Waals surface area contributed by atoms with Crippen molar-refractivity contribution in [3.05, 3.63) is 54.1 Å². The first kappa shape index (κ1) is 16.9. The molecular weight excluding hydrogens is 318 g/mol. The molecule has 4 nitrogen and oxygen atoms in total. The van der Waals surface area contributed by atoms with Crippen molar-refractivity contribution in [3.8, 4) is 0 Å². The molecule has 1 aliphatic rings. The predicted molar refractivity (Wildman–Crippen MR) is 102 cm³/mol. The van der Waals surface area contributed by atoms with Crippen LogP contribution >= 0.6 is 11.8 Å². The van der Waals surface area contributed by atoms with Crippen LogP contribution in [0, 0.1) is 0 Å². The molecule has 3 rings (SSSR count).